The van der Waals surface area contributed by atoms with Crippen molar-refractivity contribution in [2.24, 2.45) is 0 Å². The first kappa shape index (κ1) is 19.7. The standard InChI is InChI=1S/C26H29NO2/c1-3-22(20-11-7-5-8-12-20)25-24(29-4-2)19-23(21-13-9-6-10-14-21)26(25)27-15-17-28-18-16-27/h3,5-14,19,26H,4,15-18H2,1-2H3/b22-3+. The maximum atomic E-state index is 6.20. The van der Waals surface area contributed by atoms with Crippen LogP contribution in [0.15, 0.2) is 84.1 Å². The van der Waals surface area contributed by atoms with Crippen LogP contribution in [0.1, 0.15) is 25.0 Å². The highest BCUT2D eigenvalue weighted by Gasteiger charge is 2.37. The van der Waals surface area contributed by atoms with Crippen LogP contribution in [-0.4, -0.2) is 43.9 Å². The average Bonchev–Trinajstić information content (AvgIpc) is 3.16. The average molecular weight is 388 g/mol. The van der Waals surface area contributed by atoms with Crippen LogP contribution < -0.4 is 0 Å². The second-order valence-corrected chi connectivity index (χ2v) is 7.30. The van der Waals surface area contributed by atoms with Gasteiger partial charge in [-0.25, -0.2) is 0 Å². The van der Waals surface area contributed by atoms with Crippen LogP contribution in [0.25, 0.3) is 11.1 Å². The predicted octanol–water partition coefficient (Wildman–Crippen LogP) is 5.18. The van der Waals surface area contributed by atoms with Crippen molar-refractivity contribution in [2.45, 2.75) is 19.9 Å². The molecule has 1 heterocycles. The Balaban J connectivity index is 1.84. The van der Waals surface area contributed by atoms with E-state index in [0.717, 1.165) is 32.1 Å². The highest BCUT2D eigenvalue weighted by molar-refractivity contribution is 5.91. The first-order valence-corrected chi connectivity index (χ1v) is 10.5. The normalized spacial score (nSPS) is 20.7. The molecule has 150 valence electrons. The molecule has 0 spiro atoms. The van der Waals surface area contributed by atoms with Crippen LogP contribution in [-0.2, 0) is 9.47 Å². The van der Waals surface area contributed by atoms with Gasteiger partial charge < -0.3 is 9.47 Å². The van der Waals surface area contributed by atoms with Crippen LogP contribution in [0.5, 0.6) is 0 Å². The van der Waals surface area contributed by atoms with E-state index in [9.17, 15) is 0 Å². The van der Waals surface area contributed by atoms with Crippen LogP contribution in [0, 0.1) is 0 Å². The highest BCUT2D eigenvalue weighted by atomic mass is 16.5. The third-order valence-electron chi connectivity index (χ3n) is 5.60. The summed E-state index contributed by atoms with van der Waals surface area (Å²) in [5.74, 6) is 0.986. The highest BCUT2D eigenvalue weighted by Crippen LogP contribution is 2.43. The third kappa shape index (κ3) is 4.07. The monoisotopic (exact) mass is 387 g/mol. The molecule has 0 amide bonds. The molecule has 3 nitrogen and oxygen atoms in total. The second kappa shape index (κ2) is 9.25. The molecule has 2 aromatic rings. The SMILES string of the molecule is C/C=C(/C1=C(OCC)C=C(c2ccccc2)C1N1CCOCC1)c1ccccc1. The molecule has 1 aliphatic carbocycles. The number of ether oxygens (including phenoxy) is 2. The maximum absolute atomic E-state index is 6.20. The lowest BCUT2D eigenvalue weighted by molar-refractivity contribution is 0.0333. The van der Waals surface area contributed by atoms with Crippen LogP contribution in [0.4, 0.5) is 0 Å². The van der Waals surface area contributed by atoms with Gasteiger partial charge in [0.05, 0.1) is 25.9 Å². The Morgan fingerprint density at radius 2 is 1.69 bits per heavy atom. The van der Waals surface area contributed by atoms with Crippen molar-refractivity contribution in [3.8, 4) is 0 Å². The largest absolute Gasteiger partial charge is 0.493 e. The second-order valence-electron chi connectivity index (χ2n) is 7.30. The van der Waals surface area contributed by atoms with Crippen molar-refractivity contribution >= 4 is 11.1 Å². The lowest BCUT2D eigenvalue weighted by atomic mass is 9.88. The van der Waals surface area contributed by atoms with E-state index in [1.807, 2.05) is 0 Å². The first-order valence-electron chi connectivity index (χ1n) is 10.5. The third-order valence-corrected chi connectivity index (χ3v) is 5.60. The number of allylic oxidation sites excluding steroid dienone is 2. The van der Waals surface area contributed by atoms with Gasteiger partial charge in [0, 0.05) is 18.7 Å². The van der Waals surface area contributed by atoms with Crippen molar-refractivity contribution < 1.29 is 9.47 Å². The molecule has 0 aromatic heterocycles. The minimum absolute atomic E-state index is 0.161. The summed E-state index contributed by atoms with van der Waals surface area (Å²) in [4.78, 5) is 2.54. The van der Waals surface area contributed by atoms with E-state index < -0.39 is 0 Å². The molecule has 1 unspecified atom stereocenters. The van der Waals surface area contributed by atoms with Crippen LogP contribution >= 0.6 is 0 Å². The van der Waals surface area contributed by atoms with Crippen molar-refractivity contribution in [1.29, 1.82) is 0 Å². The zero-order chi connectivity index (χ0) is 20.1. The Hall–Kier alpha value is -2.62. The van der Waals surface area contributed by atoms with Gasteiger partial charge in [0.1, 0.15) is 5.76 Å². The molecule has 0 saturated carbocycles. The molecule has 1 aliphatic heterocycles. The van der Waals surface area contributed by atoms with Crippen molar-refractivity contribution in [1.82, 2.24) is 4.90 Å². The van der Waals surface area contributed by atoms with Gasteiger partial charge in [0.15, 0.2) is 0 Å². The zero-order valence-corrected chi connectivity index (χ0v) is 17.3. The summed E-state index contributed by atoms with van der Waals surface area (Å²) in [5, 5.41) is 0. The van der Waals surface area contributed by atoms with E-state index in [2.05, 4.69) is 91.6 Å². The fourth-order valence-electron chi connectivity index (χ4n) is 4.33. The Bertz CT molecular complexity index is 906. The molecule has 3 heteroatoms. The van der Waals surface area contributed by atoms with E-state index >= 15 is 0 Å². The topological polar surface area (TPSA) is 21.7 Å². The summed E-state index contributed by atoms with van der Waals surface area (Å²) >= 11 is 0. The molecule has 0 bridgehead atoms. The molecule has 1 atom stereocenters. The number of rotatable bonds is 6. The summed E-state index contributed by atoms with van der Waals surface area (Å²) in [6, 6.07) is 21.5. The quantitative estimate of drug-likeness (QED) is 0.682. The Labute approximate surface area is 174 Å². The molecule has 4 rings (SSSR count). The van der Waals surface area contributed by atoms with Gasteiger partial charge in [-0.15, -0.1) is 0 Å². The van der Waals surface area contributed by atoms with E-state index in [-0.39, 0.29) is 6.04 Å². The number of benzene rings is 2. The van der Waals surface area contributed by atoms with Crippen LogP contribution in [0.2, 0.25) is 0 Å². The van der Waals surface area contributed by atoms with E-state index in [1.54, 1.807) is 0 Å². The van der Waals surface area contributed by atoms with Gasteiger partial charge in [-0.3, -0.25) is 4.90 Å². The number of morpholine rings is 1. The fourth-order valence-corrected chi connectivity index (χ4v) is 4.33. The summed E-state index contributed by atoms with van der Waals surface area (Å²) in [6.45, 7) is 8.21. The lowest BCUT2D eigenvalue weighted by Gasteiger charge is -2.36. The van der Waals surface area contributed by atoms with Gasteiger partial charge in [-0.05, 0) is 42.2 Å². The van der Waals surface area contributed by atoms with Gasteiger partial charge in [0.25, 0.3) is 0 Å². The van der Waals surface area contributed by atoms with Gasteiger partial charge in [-0.1, -0.05) is 66.7 Å². The maximum Gasteiger partial charge on any atom is 0.125 e. The summed E-state index contributed by atoms with van der Waals surface area (Å²) < 4.78 is 11.9. The van der Waals surface area contributed by atoms with E-state index in [4.69, 9.17) is 9.47 Å². The Morgan fingerprint density at radius 1 is 1.03 bits per heavy atom. The summed E-state index contributed by atoms with van der Waals surface area (Å²) in [5.41, 5.74) is 6.29. The van der Waals surface area contributed by atoms with Gasteiger partial charge >= 0.3 is 0 Å². The Morgan fingerprint density at radius 3 is 2.31 bits per heavy atom. The predicted molar refractivity (Wildman–Crippen MR) is 119 cm³/mol. The lowest BCUT2D eigenvalue weighted by Crippen LogP contribution is -2.44. The number of hydrogen-bond acceptors (Lipinski definition) is 3. The molecule has 29 heavy (non-hydrogen) atoms. The van der Waals surface area contributed by atoms with Crippen LogP contribution in [0.3, 0.4) is 0 Å². The summed E-state index contributed by atoms with van der Waals surface area (Å²) in [7, 11) is 0. The van der Waals surface area contributed by atoms with E-state index in [0.29, 0.717) is 6.61 Å². The molecule has 1 fully saturated rings. The smallest absolute Gasteiger partial charge is 0.125 e. The minimum atomic E-state index is 0.161. The van der Waals surface area contributed by atoms with Gasteiger partial charge in [-0.2, -0.15) is 0 Å². The molecular weight excluding hydrogens is 358 g/mol. The molecule has 0 N–H and O–H groups in total. The van der Waals surface area contributed by atoms with Gasteiger partial charge in [0.2, 0.25) is 0 Å². The minimum Gasteiger partial charge on any atom is -0.493 e. The molecule has 2 aromatic carbocycles. The zero-order valence-electron chi connectivity index (χ0n) is 17.3. The number of hydrogen-bond donors (Lipinski definition) is 0. The fraction of sp³-hybridized carbons (Fsp3) is 0.308. The van der Waals surface area contributed by atoms with E-state index in [1.165, 1.54) is 27.8 Å². The molecule has 2 aliphatic rings. The van der Waals surface area contributed by atoms with Crippen molar-refractivity contribution in [3.05, 3.63) is 95.3 Å². The molecule has 1 saturated heterocycles. The Kier molecular flexibility index (Phi) is 6.28. The first-order chi connectivity index (χ1) is 14.3. The van der Waals surface area contributed by atoms with Crippen molar-refractivity contribution in [2.75, 3.05) is 32.9 Å². The molecular formula is C26H29NO2. The molecule has 0 radical (unpaired) electrons. The number of nitrogens with zero attached hydrogens (tertiary/aromatic N) is 1. The summed E-state index contributed by atoms with van der Waals surface area (Å²) in [6.07, 6.45) is 4.47. The van der Waals surface area contributed by atoms with Crippen molar-refractivity contribution in [3.63, 3.8) is 0 Å².